The van der Waals surface area contributed by atoms with Crippen LogP contribution in [0.2, 0.25) is 0 Å². The van der Waals surface area contributed by atoms with E-state index in [1.807, 2.05) is 48.7 Å². The molecule has 1 unspecified atom stereocenters. The summed E-state index contributed by atoms with van der Waals surface area (Å²) in [7, 11) is 1.64. The monoisotopic (exact) mass is 416 g/mol. The third-order valence-corrected chi connectivity index (χ3v) is 5.31. The van der Waals surface area contributed by atoms with Crippen molar-refractivity contribution in [3.63, 3.8) is 0 Å². The van der Waals surface area contributed by atoms with Gasteiger partial charge in [0.15, 0.2) is 0 Å². The maximum absolute atomic E-state index is 14.4. The largest absolute Gasteiger partial charge is 0.497 e. The first-order valence-corrected chi connectivity index (χ1v) is 10.3. The fourth-order valence-electron chi connectivity index (χ4n) is 3.62. The number of halogens is 1. The number of para-hydroxylation sites is 1. The van der Waals surface area contributed by atoms with Gasteiger partial charge in [-0.1, -0.05) is 19.1 Å². The summed E-state index contributed by atoms with van der Waals surface area (Å²) in [4.78, 5) is 4.11. The van der Waals surface area contributed by atoms with Gasteiger partial charge in [-0.2, -0.15) is 5.10 Å². The summed E-state index contributed by atoms with van der Waals surface area (Å²) in [5.74, 6) is 0.467. The zero-order valence-corrected chi connectivity index (χ0v) is 17.6. The van der Waals surface area contributed by atoms with Crippen molar-refractivity contribution in [1.82, 2.24) is 20.1 Å². The van der Waals surface area contributed by atoms with E-state index in [4.69, 9.17) is 9.84 Å². The van der Waals surface area contributed by atoms with E-state index in [1.165, 1.54) is 11.6 Å². The van der Waals surface area contributed by atoms with Crippen LogP contribution in [-0.2, 0) is 6.54 Å². The first kappa shape index (κ1) is 20.8. The molecule has 0 aliphatic carbocycles. The Morgan fingerprint density at radius 2 is 1.77 bits per heavy atom. The molecule has 0 aliphatic heterocycles. The molecule has 0 amide bonds. The van der Waals surface area contributed by atoms with Crippen molar-refractivity contribution in [3.05, 3.63) is 96.2 Å². The summed E-state index contributed by atoms with van der Waals surface area (Å²) in [6.07, 6.45) is 6.44. The highest BCUT2D eigenvalue weighted by atomic mass is 19.1. The van der Waals surface area contributed by atoms with Crippen LogP contribution < -0.4 is 10.1 Å². The number of ether oxygens (including phenoxy) is 1. The fraction of sp³-hybridized carbons (Fsp3) is 0.200. The molecule has 4 aromatic rings. The lowest BCUT2D eigenvalue weighted by Gasteiger charge is -2.17. The van der Waals surface area contributed by atoms with Crippen molar-refractivity contribution < 1.29 is 9.13 Å². The summed E-state index contributed by atoms with van der Waals surface area (Å²) in [5.41, 5.74) is 4.35. The molecular formula is C25H25FN4O. The van der Waals surface area contributed by atoms with Crippen LogP contribution in [0.25, 0.3) is 16.9 Å². The maximum atomic E-state index is 14.4. The molecule has 1 atom stereocenters. The quantitative estimate of drug-likeness (QED) is 0.422. The van der Waals surface area contributed by atoms with Gasteiger partial charge in [-0.05, 0) is 60.5 Å². The van der Waals surface area contributed by atoms with Crippen molar-refractivity contribution in [3.8, 4) is 22.7 Å². The number of aromatic nitrogens is 3. The highest BCUT2D eigenvalue weighted by molar-refractivity contribution is 5.64. The number of pyridine rings is 1. The molecule has 158 valence electrons. The molecule has 0 saturated heterocycles. The van der Waals surface area contributed by atoms with Crippen LogP contribution in [0.4, 0.5) is 4.39 Å². The molecule has 5 nitrogen and oxygen atoms in total. The van der Waals surface area contributed by atoms with E-state index >= 15 is 0 Å². The Kier molecular flexibility index (Phi) is 6.38. The van der Waals surface area contributed by atoms with Gasteiger partial charge in [0.1, 0.15) is 17.3 Å². The Balaban J connectivity index is 1.68. The van der Waals surface area contributed by atoms with E-state index in [0.29, 0.717) is 12.2 Å². The molecule has 0 fully saturated rings. The number of benzene rings is 2. The molecule has 2 aromatic heterocycles. The average Bonchev–Trinajstić information content (AvgIpc) is 3.24. The standard InChI is InChI=1S/C25H25FN4O/c1-3-23(18-12-14-27-15-13-18)28-16-20-17-30(24-7-5-4-6-22(24)26)29-25(20)19-8-10-21(31-2)11-9-19/h4-15,17,23,28H,3,16H2,1-2H3. The minimum atomic E-state index is -0.311. The van der Waals surface area contributed by atoms with Gasteiger partial charge in [0.2, 0.25) is 0 Å². The second kappa shape index (κ2) is 9.53. The highest BCUT2D eigenvalue weighted by Gasteiger charge is 2.16. The molecule has 1 N–H and O–H groups in total. The second-order valence-corrected chi connectivity index (χ2v) is 7.25. The Morgan fingerprint density at radius 3 is 2.45 bits per heavy atom. The molecule has 2 aromatic carbocycles. The minimum Gasteiger partial charge on any atom is -0.497 e. The van der Waals surface area contributed by atoms with Gasteiger partial charge < -0.3 is 10.1 Å². The van der Waals surface area contributed by atoms with Gasteiger partial charge in [0.25, 0.3) is 0 Å². The van der Waals surface area contributed by atoms with Crippen LogP contribution in [0, 0.1) is 5.82 Å². The van der Waals surface area contributed by atoms with Gasteiger partial charge in [-0.15, -0.1) is 0 Å². The zero-order valence-electron chi connectivity index (χ0n) is 17.6. The molecule has 0 spiro atoms. The molecule has 0 bridgehead atoms. The lowest BCUT2D eigenvalue weighted by Crippen LogP contribution is -2.20. The maximum Gasteiger partial charge on any atom is 0.148 e. The van der Waals surface area contributed by atoms with Crippen LogP contribution >= 0.6 is 0 Å². The summed E-state index contributed by atoms with van der Waals surface area (Å²) in [6.45, 7) is 2.74. The lowest BCUT2D eigenvalue weighted by atomic mass is 10.0. The molecule has 0 aliphatic rings. The number of nitrogens with zero attached hydrogens (tertiary/aromatic N) is 3. The summed E-state index contributed by atoms with van der Waals surface area (Å²) >= 11 is 0. The van der Waals surface area contributed by atoms with Gasteiger partial charge in [0, 0.05) is 42.3 Å². The van der Waals surface area contributed by atoms with Crippen LogP contribution in [0.3, 0.4) is 0 Å². The van der Waals surface area contributed by atoms with Gasteiger partial charge in [-0.25, -0.2) is 9.07 Å². The zero-order chi connectivity index (χ0) is 21.6. The predicted molar refractivity (Wildman–Crippen MR) is 120 cm³/mol. The summed E-state index contributed by atoms with van der Waals surface area (Å²) in [6, 6.07) is 18.6. The normalized spacial score (nSPS) is 12.0. The predicted octanol–water partition coefficient (Wildman–Crippen LogP) is 5.32. The molecule has 0 saturated carbocycles. The van der Waals surface area contributed by atoms with Crippen molar-refractivity contribution in [2.75, 3.05) is 7.11 Å². The number of hydrogen-bond donors (Lipinski definition) is 1. The lowest BCUT2D eigenvalue weighted by molar-refractivity contribution is 0.415. The summed E-state index contributed by atoms with van der Waals surface area (Å²) < 4.78 is 21.3. The van der Waals surface area contributed by atoms with Gasteiger partial charge in [0.05, 0.1) is 12.8 Å². The smallest absolute Gasteiger partial charge is 0.148 e. The average molecular weight is 417 g/mol. The minimum absolute atomic E-state index is 0.184. The van der Waals surface area contributed by atoms with E-state index in [0.717, 1.165) is 29.0 Å². The first-order chi connectivity index (χ1) is 15.2. The van der Waals surface area contributed by atoms with Crippen molar-refractivity contribution in [2.24, 2.45) is 0 Å². The Bertz CT molecular complexity index is 1130. The Morgan fingerprint density at radius 1 is 1.03 bits per heavy atom. The third kappa shape index (κ3) is 4.64. The molecule has 0 radical (unpaired) electrons. The molecule has 6 heteroatoms. The number of rotatable bonds is 8. The van der Waals surface area contributed by atoms with Crippen molar-refractivity contribution in [1.29, 1.82) is 0 Å². The van der Waals surface area contributed by atoms with Crippen LogP contribution in [0.5, 0.6) is 5.75 Å². The van der Waals surface area contributed by atoms with E-state index in [1.54, 1.807) is 36.3 Å². The van der Waals surface area contributed by atoms with E-state index < -0.39 is 0 Å². The Labute approximate surface area is 181 Å². The van der Waals surface area contributed by atoms with Crippen LogP contribution in [0.1, 0.15) is 30.5 Å². The second-order valence-electron chi connectivity index (χ2n) is 7.25. The topological polar surface area (TPSA) is 52.0 Å². The number of nitrogens with one attached hydrogen (secondary N) is 1. The van der Waals surface area contributed by atoms with Crippen LogP contribution in [0.15, 0.2) is 79.3 Å². The number of hydrogen-bond acceptors (Lipinski definition) is 4. The Hall–Kier alpha value is -3.51. The highest BCUT2D eigenvalue weighted by Crippen LogP contribution is 2.27. The molecule has 2 heterocycles. The first-order valence-electron chi connectivity index (χ1n) is 10.3. The molecule has 31 heavy (non-hydrogen) atoms. The summed E-state index contributed by atoms with van der Waals surface area (Å²) in [5, 5.41) is 8.34. The van der Waals surface area contributed by atoms with E-state index in [2.05, 4.69) is 17.2 Å². The van der Waals surface area contributed by atoms with Crippen molar-refractivity contribution in [2.45, 2.75) is 25.9 Å². The SMILES string of the molecule is CCC(NCc1cn(-c2ccccc2F)nc1-c1ccc(OC)cc1)c1ccncc1. The van der Waals surface area contributed by atoms with Gasteiger partial charge in [-0.3, -0.25) is 4.98 Å². The van der Waals surface area contributed by atoms with Crippen LogP contribution in [-0.4, -0.2) is 21.9 Å². The van der Waals surface area contributed by atoms with Crippen molar-refractivity contribution >= 4 is 0 Å². The fourth-order valence-corrected chi connectivity index (χ4v) is 3.62. The molecule has 4 rings (SSSR count). The van der Waals surface area contributed by atoms with E-state index in [-0.39, 0.29) is 11.9 Å². The van der Waals surface area contributed by atoms with E-state index in [9.17, 15) is 4.39 Å². The molecular weight excluding hydrogens is 391 g/mol. The number of methoxy groups -OCH3 is 1. The third-order valence-electron chi connectivity index (χ3n) is 5.31. The van der Waals surface area contributed by atoms with Gasteiger partial charge >= 0.3 is 0 Å².